The Morgan fingerprint density at radius 3 is 2.05 bits per heavy atom. The topological polar surface area (TPSA) is 132 Å². The predicted octanol–water partition coefficient (Wildman–Crippen LogP) is 5.26. The molecule has 4 aromatic rings. The van der Waals surface area contributed by atoms with Crippen molar-refractivity contribution in [3.05, 3.63) is 95.9 Å². The third kappa shape index (κ3) is 9.52. The van der Waals surface area contributed by atoms with E-state index in [4.69, 9.17) is 5.11 Å². The number of anilines is 1. The van der Waals surface area contributed by atoms with E-state index in [0.29, 0.717) is 33.8 Å². The Hall–Kier alpha value is -2.47. The molecule has 11 heteroatoms. The molecule has 2 radical (unpaired) electrons. The van der Waals surface area contributed by atoms with E-state index in [1.165, 1.54) is 24.3 Å². The van der Waals surface area contributed by atoms with Gasteiger partial charge in [-0.1, -0.05) is 44.2 Å². The second-order valence-corrected chi connectivity index (χ2v) is 10.6. The van der Waals surface area contributed by atoms with Gasteiger partial charge in [0.2, 0.25) is 0 Å². The Bertz CT molecular complexity index is 1530. The summed E-state index contributed by atoms with van der Waals surface area (Å²) in [6.45, 7) is 4.16. The molecule has 0 aliphatic rings. The maximum absolute atomic E-state index is 14.1. The number of carboxylic acids is 1. The number of aromatic nitrogens is 1. The molecule has 0 aliphatic carbocycles. The minimum Gasteiger partial charge on any atom is -0.508 e. The molecule has 0 saturated heterocycles. The van der Waals surface area contributed by atoms with Crippen molar-refractivity contribution < 1.29 is 34.4 Å². The summed E-state index contributed by atoms with van der Waals surface area (Å²) in [5.41, 5.74) is 4.35. The second kappa shape index (κ2) is 17.3. The normalized spacial score (nSPS) is 12.1. The first kappa shape index (κ1) is 37.7. The number of carbonyl (C=O) groups is 2. The van der Waals surface area contributed by atoms with Gasteiger partial charge in [0.1, 0.15) is 11.6 Å². The number of hydrogen-bond donors (Lipinski definition) is 5. The molecule has 0 fully saturated rings. The zero-order valence-electron chi connectivity index (χ0n) is 25.5. The quantitative estimate of drug-likeness (QED) is 0.109. The van der Waals surface area contributed by atoms with Gasteiger partial charge < -0.3 is 30.3 Å². The van der Waals surface area contributed by atoms with Gasteiger partial charge >= 0.3 is 5.97 Å². The van der Waals surface area contributed by atoms with Crippen LogP contribution in [0.2, 0.25) is 0 Å². The summed E-state index contributed by atoms with van der Waals surface area (Å²) in [7, 11) is 0. The number of phenols is 1. The average Bonchev–Trinajstić information content (AvgIpc) is 3.29. The number of nitrogens with one attached hydrogen (secondary N) is 1. The summed E-state index contributed by atoms with van der Waals surface area (Å²) in [4.78, 5) is 25.1. The van der Waals surface area contributed by atoms with E-state index >= 15 is 0 Å². The molecule has 0 saturated carbocycles. The van der Waals surface area contributed by atoms with Gasteiger partial charge in [-0.05, 0) is 78.4 Å². The van der Waals surface area contributed by atoms with Crippen LogP contribution in [0.25, 0.3) is 22.4 Å². The van der Waals surface area contributed by atoms with E-state index in [0.717, 1.165) is 5.56 Å². The first-order valence-electron chi connectivity index (χ1n) is 13.8. The standard InChI is InChI=1S/C33H35FN2O6.2Na/c1-20(2)31-30(33(42)35-24-12-14-25(37)15-13-24)29(21-6-4-3-5-7-21)32(22-8-10-23(34)11-9-22)36(31)17-16-26(38)18-27(39)19-28(40)41;;/h3-15,20,26-27,37-39H,16-19H2,1-2H3,(H,35,42)(H,40,41);;/t26-,27-;;/m1../s1. The van der Waals surface area contributed by atoms with Crippen molar-refractivity contribution in [2.75, 3.05) is 5.32 Å². The van der Waals surface area contributed by atoms with Crippen molar-refractivity contribution in [2.45, 2.75) is 57.8 Å². The van der Waals surface area contributed by atoms with Crippen LogP contribution in [-0.2, 0) is 11.3 Å². The van der Waals surface area contributed by atoms with Crippen LogP contribution in [0.3, 0.4) is 0 Å². The van der Waals surface area contributed by atoms with Crippen molar-refractivity contribution in [3.8, 4) is 28.1 Å². The number of amides is 1. The molecule has 1 aromatic heterocycles. The summed E-state index contributed by atoms with van der Waals surface area (Å²) in [5.74, 6) is -2.02. The molecule has 0 aliphatic heterocycles. The fraction of sp³-hybridized carbons (Fsp3) is 0.273. The molecule has 5 N–H and O–H groups in total. The number of halogens is 1. The number of hydrogen-bond acceptors (Lipinski definition) is 5. The molecule has 1 amide bonds. The van der Waals surface area contributed by atoms with E-state index in [1.54, 1.807) is 24.3 Å². The first-order chi connectivity index (χ1) is 20.0. The molecule has 8 nitrogen and oxygen atoms in total. The molecule has 2 atom stereocenters. The van der Waals surface area contributed by atoms with Crippen LogP contribution >= 0.6 is 0 Å². The van der Waals surface area contributed by atoms with E-state index < -0.39 is 30.4 Å². The third-order valence-corrected chi connectivity index (χ3v) is 7.02. The zero-order chi connectivity index (χ0) is 30.4. The molecule has 3 aromatic carbocycles. The number of benzene rings is 3. The van der Waals surface area contributed by atoms with Crippen LogP contribution in [0.4, 0.5) is 10.1 Å². The number of phenolic OH excluding ortho intramolecular Hbond substituents is 1. The Labute approximate surface area is 300 Å². The Kier molecular flexibility index (Phi) is 14.8. The van der Waals surface area contributed by atoms with Gasteiger partial charge in [0, 0.05) is 82.6 Å². The molecule has 1 heterocycles. The molecular formula is C33H35FN2Na2O6. The smallest absolute Gasteiger partial charge is 0.305 e. The number of carboxylic acid groups (broad SMARTS) is 1. The minimum absolute atomic E-state index is 0. The Morgan fingerprint density at radius 1 is 0.864 bits per heavy atom. The number of aromatic hydroxyl groups is 1. The number of nitrogens with zero attached hydrogens (tertiary/aromatic N) is 1. The van der Waals surface area contributed by atoms with Gasteiger partial charge in [-0.3, -0.25) is 9.59 Å². The SMILES string of the molecule is CC(C)c1c(C(=O)Nc2ccc(O)cc2)c(-c2ccccc2)c(-c2ccc(F)cc2)n1CC[C@@H](O)C[C@@H](O)CC(=O)O.[Na].[Na]. The van der Waals surface area contributed by atoms with E-state index in [-0.39, 0.29) is 96.1 Å². The first-order valence-corrected chi connectivity index (χ1v) is 13.8. The maximum atomic E-state index is 14.1. The zero-order valence-corrected chi connectivity index (χ0v) is 29.5. The summed E-state index contributed by atoms with van der Waals surface area (Å²) >= 11 is 0. The van der Waals surface area contributed by atoms with Gasteiger partial charge in [0.25, 0.3) is 5.91 Å². The summed E-state index contributed by atoms with van der Waals surface area (Å²) in [6, 6.07) is 21.5. The van der Waals surface area contributed by atoms with Crippen LogP contribution in [0, 0.1) is 5.82 Å². The fourth-order valence-electron chi connectivity index (χ4n) is 5.23. The Balaban J connectivity index is 0.00000337. The fourth-order valence-corrected chi connectivity index (χ4v) is 5.23. The van der Waals surface area contributed by atoms with E-state index in [9.17, 15) is 29.3 Å². The summed E-state index contributed by atoms with van der Waals surface area (Å²) in [5, 5.41) is 42.4. The molecule has 222 valence electrons. The van der Waals surface area contributed by atoms with Crippen LogP contribution in [0.5, 0.6) is 5.75 Å². The monoisotopic (exact) mass is 620 g/mol. The molecule has 0 spiro atoms. The number of carbonyl (C=O) groups excluding carboxylic acids is 1. The van der Waals surface area contributed by atoms with Crippen LogP contribution in [0.15, 0.2) is 78.9 Å². The average molecular weight is 621 g/mol. The largest absolute Gasteiger partial charge is 0.508 e. The second-order valence-electron chi connectivity index (χ2n) is 10.6. The van der Waals surface area contributed by atoms with Crippen LogP contribution < -0.4 is 5.32 Å². The van der Waals surface area contributed by atoms with Crippen molar-refractivity contribution in [1.82, 2.24) is 4.57 Å². The van der Waals surface area contributed by atoms with Crippen molar-refractivity contribution in [3.63, 3.8) is 0 Å². The molecular weight excluding hydrogens is 585 g/mol. The number of rotatable bonds is 12. The molecule has 4 rings (SSSR count). The third-order valence-electron chi connectivity index (χ3n) is 7.02. The van der Waals surface area contributed by atoms with Crippen molar-refractivity contribution in [1.29, 1.82) is 0 Å². The number of aliphatic hydroxyl groups excluding tert-OH is 2. The van der Waals surface area contributed by atoms with Crippen LogP contribution in [0.1, 0.15) is 55.1 Å². The van der Waals surface area contributed by atoms with E-state index in [2.05, 4.69) is 5.32 Å². The number of aliphatic carboxylic acids is 1. The van der Waals surface area contributed by atoms with Crippen molar-refractivity contribution >= 4 is 76.7 Å². The molecule has 44 heavy (non-hydrogen) atoms. The summed E-state index contributed by atoms with van der Waals surface area (Å²) < 4.78 is 16.0. The van der Waals surface area contributed by atoms with Gasteiger partial charge in [-0.15, -0.1) is 0 Å². The molecule has 0 bridgehead atoms. The summed E-state index contributed by atoms with van der Waals surface area (Å²) in [6.07, 6.45) is -2.62. The Morgan fingerprint density at radius 2 is 1.48 bits per heavy atom. The molecule has 0 unspecified atom stereocenters. The maximum Gasteiger partial charge on any atom is 0.305 e. The predicted molar refractivity (Wildman–Crippen MR) is 170 cm³/mol. The van der Waals surface area contributed by atoms with Gasteiger partial charge in [0.05, 0.1) is 29.9 Å². The van der Waals surface area contributed by atoms with Gasteiger partial charge in [-0.25, -0.2) is 4.39 Å². The van der Waals surface area contributed by atoms with E-state index in [1.807, 2.05) is 48.7 Å². The van der Waals surface area contributed by atoms with Crippen LogP contribution in [-0.4, -0.2) is 108 Å². The minimum atomic E-state index is -1.20. The van der Waals surface area contributed by atoms with Crippen molar-refractivity contribution in [2.24, 2.45) is 0 Å². The van der Waals surface area contributed by atoms with Gasteiger partial charge in [0.15, 0.2) is 0 Å². The number of aliphatic hydroxyl groups is 2. The van der Waals surface area contributed by atoms with Gasteiger partial charge in [-0.2, -0.15) is 0 Å².